The van der Waals surface area contributed by atoms with Crippen LogP contribution in [0.1, 0.15) is 46.6 Å². The molecule has 2 aromatic carbocycles. The van der Waals surface area contributed by atoms with Gasteiger partial charge in [-0.1, -0.05) is 37.3 Å². The maximum absolute atomic E-state index is 13.5. The highest BCUT2D eigenvalue weighted by atomic mass is 16.5. The normalized spacial score (nSPS) is 15.2. The number of para-hydroxylation sites is 1. The number of rotatable bonds is 5. The summed E-state index contributed by atoms with van der Waals surface area (Å²) in [4.78, 5) is 33.1. The monoisotopic (exact) mass is 426 g/mol. The molecule has 0 radical (unpaired) electrons. The molecular formula is C26H22N2O4. The molecular weight excluding hydrogens is 404 g/mol. The summed E-state index contributed by atoms with van der Waals surface area (Å²) < 4.78 is 11.8. The number of ether oxygens (including phenoxy) is 1. The quantitative estimate of drug-likeness (QED) is 0.447. The summed E-state index contributed by atoms with van der Waals surface area (Å²) in [5.41, 5.74) is 2.24. The Kier molecular flexibility index (Phi) is 4.98. The van der Waals surface area contributed by atoms with Crippen LogP contribution in [0.2, 0.25) is 0 Å². The van der Waals surface area contributed by atoms with E-state index in [0.717, 1.165) is 17.5 Å². The molecule has 1 aliphatic rings. The molecule has 2 aromatic heterocycles. The average molecular weight is 426 g/mol. The smallest absolute Gasteiger partial charge is 0.296 e. The third kappa shape index (κ3) is 3.24. The zero-order valence-electron chi connectivity index (χ0n) is 17.9. The number of aromatic nitrogens is 1. The van der Waals surface area contributed by atoms with Gasteiger partial charge in [-0.25, -0.2) is 4.98 Å². The highest BCUT2D eigenvalue weighted by Crippen LogP contribution is 2.41. The van der Waals surface area contributed by atoms with Gasteiger partial charge in [-0.3, -0.25) is 14.5 Å². The zero-order valence-corrected chi connectivity index (χ0v) is 17.9. The highest BCUT2D eigenvalue weighted by molar-refractivity contribution is 6.10. The van der Waals surface area contributed by atoms with Crippen molar-refractivity contribution in [2.45, 2.75) is 26.3 Å². The number of amides is 1. The SMILES string of the molecule is CCCOc1cccc([C@@H]2c3c(oc4ccccc4c3=O)C(=O)N2c2ccc(C)cn2)c1. The lowest BCUT2D eigenvalue weighted by molar-refractivity contribution is 0.0970. The molecule has 4 aromatic rings. The zero-order chi connectivity index (χ0) is 22.2. The molecule has 1 atom stereocenters. The molecule has 160 valence electrons. The predicted octanol–water partition coefficient (Wildman–Crippen LogP) is 5.04. The fourth-order valence-electron chi connectivity index (χ4n) is 4.07. The van der Waals surface area contributed by atoms with Crippen LogP contribution in [0.15, 0.2) is 76.1 Å². The molecule has 0 saturated carbocycles. The van der Waals surface area contributed by atoms with Crippen molar-refractivity contribution < 1.29 is 13.9 Å². The lowest BCUT2D eigenvalue weighted by Gasteiger charge is -2.24. The first kappa shape index (κ1) is 20.0. The number of benzene rings is 2. The van der Waals surface area contributed by atoms with Gasteiger partial charge < -0.3 is 9.15 Å². The van der Waals surface area contributed by atoms with Gasteiger partial charge in [0.05, 0.1) is 23.6 Å². The lowest BCUT2D eigenvalue weighted by atomic mass is 9.98. The summed E-state index contributed by atoms with van der Waals surface area (Å²) >= 11 is 0. The molecule has 0 saturated heterocycles. The molecule has 6 heteroatoms. The Hall–Kier alpha value is -3.93. The van der Waals surface area contributed by atoms with Gasteiger partial charge in [-0.15, -0.1) is 0 Å². The van der Waals surface area contributed by atoms with E-state index in [1.807, 2.05) is 44.2 Å². The van der Waals surface area contributed by atoms with Crippen LogP contribution in [0.4, 0.5) is 5.82 Å². The van der Waals surface area contributed by atoms with E-state index in [0.29, 0.717) is 34.7 Å². The summed E-state index contributed by atoms with van der Waals surface area (Å²) in [5.74, 6) is 0.817. The number of hydrogen-bond donors (Lipinski definition) is 0. The molecule has 1 aliphatic heterocycles. The maximum Gasteiger partial charge on any atom is 0.296 e. The van der Waals surface area contributed by atoms with E-state index < -0.39 is 6.04 Å². The Morgan fingerprint density at radius 1 is 1.06 bits per heavy atom. The van der Waals surface area contributed by atoms with Gasteiger partial charge in [-0.2, -0.15) is 0 Å². The number of aryl methyl sites for hydroxylation is 1. The Bertz CT molecular complexity index is 1370. The predicted molar refractivity (Wildman–Crippen MR) is 122 cm³/mol. The first-order valence-electron chi connectivity index (χ1n) is 10.6. The fraction of sp³-hybridized carbons (Fsp3) is 0.192. The molecule has 0 unspecified atom stereocenters. The average Bonchev–Trinajstić information content (AvgIpc) is 3.11. The fourth-order valence-corrected chi connectivity index (χ4v) is 4.07. The minimum absolute atomic E-state index is 0.0564. The second-order valence-corrected chi connectivity index (χ2v) is 7.86. The number of pyridine rings is 1. The topological polar surface area (TPSA) is 72.6 Å². The van der Waals surface area contributed by atoms with Crippen LogP contribution < -0.4 is 15.1 Å². The summed E-state index contributed by atoms with van der Waals surface area (Å²) in [6.07, 6.45) is 2.58. The van der Waals surface area contributed by atoms with Crippen molar-refractivity contribution in [1.82, 2.24) is 4.98 Å². The van der Waals surface area contributed by atoms with E-state index in [2.05, 4.69) is 4.98 Å². The van der Waals surface area contributed by atoms with Crippen molar-refractivity contribution in [1.29, 1.82) is 0 Å². The standard InChI is InChI=1S/C26H22N2O4/c1-3-13-31-18-8-6-7-17(14-18)23-22-24(29)19-9-4-5-10-20(19)32-25(22)26(30)28(23)21-12-11-16(2)15-27-21/h4-12,14-15,23H,3,13H2,1-2H3/t23-/m1/s1. The van der Waals surface area contributed by atoms with Gasteiger partial charge in [-0.05, 0) is 54.8 Å². The maximum atomic E-state index is 13.5. The highest BCUT2D eigenvalue weighted by Gasteiger charge is 2.44. The van der Waals surface area contributed by atoms with Crippen molar-refractivity contribution in [3.8, 4) is 5.75 Å². The van der Waals surface area contributed by atoms with Crippen molar-refractivity contribution in [3.05, 3.63) is 99.5 Å². The number of carbonyl (C=O) groups excluding carboxylic acids is 1. The number of nitrogens with zero attached hydrogens (tertiary/aromatic N) is 2. The number of fused-ring (bicyclic) bond motifs is 2. The Balaban J connectivity index is 1.75. The summed E-state index contributed by atoms with van der Waals surface area (Å²) in [7, 11) is 0. The van der Waals surface area contributed by atoms with Crippen LogP contribution in [0.5, 0.6) is 5.75 Å². The van der Waals surface area contributed by atoms with E-state index >= 15 is 0 Å². The first-order chi connectivity index (χ1) is 15.6. The van der Waals surface area contributed by atoms with E-state index in [9.17, 15) is 9.59 Å². The van der Waals surface area contributed by atoms with Crippen LogP contribution in [0, 0.1) is 6.92 Å². The van der Waals surface area contributed by atoms with E-state index in [1.54, 1.807) is 36.5 Å². The van der Waals surface area contributed by atoms with Gasteiger partial charge in [0.1, 0.15) is 17.2 Å². The Labute approximate surface area is 185 Å². The minimum atomic E-state index is -0.668. The van der Waals surface area contributed by atoms with Crippen LogP contribution in [-0.4, -0.2) is 17.5 Å². The summed E-state index contributed by atoms with van der Waals surface area (Å²) in [6, 6.07) is 17.5. The molecule has 32 heavy (non-hydrogen) atoms. The van der Waals surface area contributed by atoms with Crippen LogP contribution in [0.3, 0.4) is 0 Å². The molecule has 0 spiro atoms. The van der Waals surface area contributed by atoms with E-state index in [1.165, 1.54) is 4.90 Å². The molecule has 6 nitrogen and oxygen atoms in total. The van der Waals surface area contributed by atoms with Gasteiger partial charge in [0.15, 0.2) is 5.43 Å². The van der Waals surface area contributed by atoms with E-state index in [4.69, 9.17) is 9.15 Å². The number of carbonyl (C=O) groups is 1. The molecule has 0 N–H and O–H groups in total. The number of anilines is 1. The largest absolute Gasteiger partial charge is 0.494 e. The molecule has 5 rings (SSSR count). The molecule has 3 heterocycles. The van der Waals surface area contributed by atoms with Gasteiger partial charge >= 0.3 is 0 Å². The van der Waals surface area contributed by atoms with Crippen molar-refractivity contribution in [3.63, 3.8) is 0 Å². The molecule has 0 bridgehead atoms. The van der Waals surface area contributed by atoms with Crippen molar-refractivity contribution >= 4 is 22.7 Å². The van der Waals surface area contributed by atoms with Gasteiger partial charge in [0, 0.05) is 6.20 Å². The Morgan fingerprint density at radius 2 is 1.91 bits per heavy atom. The van der Waals surface area contributed by atoms with Crippen LogP contribution >= 0.6 is 0 Å². The first-order valence-corrected chi connectivity index (χ1v) is 10.6. The second-order valence-electron chi connectivity index (χ2n) is 7.86. The van der Waals surface area contributed by atoms with Gasteiger partial charge in [0.25, 0.3) is 5.91 Å². The van der Waals surface area contributed by atoms with E-state index in [-0.39, 0.29) is 17.1 Å². The minimum Gasteiger partial charge on any atom is -0.494 e. The van der Waals surface area contributed by atoms with Crippen molar-refractivity contribution in [2.24, 2.45) is 0 Å². The second kappa shape index (κ2) is 7.96. The third-order valence-electron chi connectivity index (χ3n) is 5.57. The van der Waals surface area contributed by atoms with Crippen molar-refractivity contribution in [2.75, 3.05) is 11.5 Å². The third-order valence-corrected chi connectivity index (χ3v) is 5.57. The molecule has 0 aliphatic carbocycles. The summed E-state index contributed by atoms with van der Waals surface area (Å²) in [5, 5.41) is 0.446. The Morgan fingerprint density at radius 3 is 2.69 bits per heavy atom. The summed E-state index contributed by atoms with van der Waals surface area (Å²) in [6.45, 7) is 4.55. The molecule has 1 amide bonds. The van der Waals surface area contributed by atoms with Gasteiger partial charge in [0.2, 0.25) is 5.76 Å². The lowest BCUT2D eigenvalue weighted by Crippen LogP contribution is -2.30. The number of hydrogen-bond acceptors (Lipinski definition) is 5. The van der Waals surface area contributed by atoms with Crippen LogP contribution in [-0.2, 0) is 0 Å². The molecule has 0 fully saturated rings. The van der Waals surface area contributed by atoms with Crippen LogP contribution in [0.25, 0.3) is 11.0 Å².